The minimum absolute atomic E-state index is 0.0780. The first-order valence-corrected chi connectivity index (χ1v) is 4.78. The van der Waals surface area contributed by atoms with Crippen LogP contribution in [-0.2, 0) is 0 Å². The van der Waals surface area contributed by atoms with E-state index in [-0.39, 0.29) is 11.3 Å². The monoisotopic (exact) mass is 231 g/mol. The average Bonchev–Trinajstić information content (AvgIpc) is 2.18. The lowest BCUT2D eigenvalue weighted by Gasteiger charge is -2.26. The van der Waals surface area contributed by atoms with E-state index in [1.807, 2.05) is 0 Å². The molecular weight excluding hydrogens is 216 g/mol. The molecule has 0 aliphatic carbocycles. The molecule has 90 valence electrons. The highest BCUT2D eigenvalue weighted by atomic mass is 19.1. The third-order valence-corrected chi connectivity index (χ3v) is 2.37. The quantitative estimate of drug-likeness (QED) is 0.833. The van der Waals surface area contributed by atoms with Gasteiger partial charge in [0.2, 0.25) is 0 Å². The third kappa shape index (κ3) is 2.48. The zero-order valence-electron chi connectivity index (χ0n) is 9.42. The fraction of sp³-hybridized carbons (Fsp3) is 0.455. The van der Waals surface area contributed by atoms with Crippen molar-refractivity contribution in [2.24, 2.45) is 5.73 Å². The molecule has 0 saturated heterocycles. The van der Waals surface area contributed by atoms with Gasteiger partial charge in [-0.05, 0) is 19.9 Å². The van der Waals surface area contributed by atoms with Crippen molar-refractivity contribution in [3.05, 3.63) is 29.3 Å². The van der Waals surface area contributed by atoms with Gasteiger partial charge in [0.1, 0.15) is 5.82 Å². The lowest BCUT2D eigenvalue weighted by Crippen LogP contribution is -2.35. The molecule has 0 heterocycles. The van der Waals surface area contributed by atoms with Crippen molar-refractivity contribution in [2.45, 2.75) is 25.5 Å². The van der Waals surface area contributed by atoms with Crippen molar-refractivity contribution in [3.8, 4) is 5.75 Å². The van der Waals surface area contributed by atoms with Crippen LogP contribution in [-0.4, -0.2) is 17.8 Å². The van der Waals surface area contributed by atoms with E-state index in [4.69, 9.17) is 5.73 Å². The van der Waals surface area contributed by atoms with Crippen LogP contribution in [0.1, 0.15) is 25.5 Å². The molecule has 0 bridgehead atoms. The maximum absolute atomic E-state index is 13.6. The van der Waals surface area contributed by atoms with Crippen molar-refractivity contribution in [3.63, 3.8) is 0 Å². The van der Waals surface area contributed by atoms with Crippen LogP contribution >= 0.6 is 0 Å². The van der Waals surface area contributed by atoms with E-state index in [0.29, 0.717) is 0 Å². The van der Waals surface area contributed by atoms with Gasteiger partial charge < -0.3 is 15.6 Å². The summed E-state index contributed by atoms with van der Waals surface area (Å²) in [5.74, 6) is -1.60. The summed E-state index contributed by atoms with van der Waals surface area (Å²) in [6, 6.07) is 0.848. The second-order valence-electron chi connectivity index (χ2n) is 4.14. The molecule has 0 aliphatic rings. The summed E-state index contributed by atoms with van der Waals surface area (Å²) in [6.45, 7) is 2.86. The van der Waals surface area contributed by atoms with E-state index in [1.165, 1.54) is 21.0 Å². The Bertz CT molecular complexity index is 388. The van der Waals surface area contributed by atoms with Crippen LogP contribution < -0.4 is 10.5 Å². The van der Waals surface area contributed by atoms with Gasteiger partial charge in [-0.2, -0.15) is 0 Å². The number of hydrogen-bond acceptors (Lipinski definition) is 3. The van der Waals surface area contributed by atoms with Crippen LogP contribution in [0.2, 0.25) is 0 Å². The summed E-state index contributed by atoms with van der Waals surface area (Å²) >= 11 is 0. The van der Waals surface area contributed by atoms with Crippen molar-refractivity contribution < 1.29 is 18.6 Å². The highest BCUT2D eigenvalue weighted by molar-refractivity contribution is 5.33. The Kier molecular flexibility index (Phi) is 3.50. The maximum Gasteiger partial charge on any atom is 0.165 e. The van der Waals surface area contributed by atoms with E-state index < -0.39 is 23.3 Å². The number of nitrogens with two attached hydrogens (primary N) is 1. The number of hydrogen-bond donors (Lipinski definition) is 2. The molecule has 0 spiro atoms. The Balaban J connectivity index is 3.21. The molecule has 0 fully saturated rings. The van der Waals surface area contributed by atoms with Gasteiger partial charge in [-0.15, -0.1) is 0 Å². The molecule has 0 radical (unpaired) electrons. The SMILES string of the molecule is COc1cc(F)c(C(N)C(C)(C)O)cc1F. The molecule has 5 heteroatoms. The van der Waals surface area contributed by atoms with Crippen LogP contribution in [0.15, 0.2) is 12.1 Å². The maximum atomic E-state index is 13.6. The number of aliphatic hydroxyl groups is 1. The van der Waals surface area contributed by atoms with E-state index in [0.717, 1.165) is 12.1 Å². The lowest BCUT2D eigenvalue weighted by molar-refractivity contribution is 0.0503. The van der Waals surface area contributed by atoms with Gasteiger partial charge in [0.05, 0.1) is 18.8 Å². The van der Waals surface area contributed by atoms with E-state index >= 15 is 0 Å². The predicted octanol–water partition coefficient (Wildman–Crippen LogP) is 1.74. The van der Waals surface area contributed by atoms with Gasteiger partial charge in [0.25, 0.3) is 0 Å². The largest absolute Gasteiger partial charge is 0.494 e. The summed E-state index contributed by atoms with van der Waals surface area (Å²) in [5, 5.41) is 9.64. The molecule has 1 atom stereocenters. The van der Waals surface area contributed by atoms with Crippen LogP contribution in [0, 0.1) is 11.6 Å². The smallest absolute Gasteiger partial charge is 0.165 e. The number of ether oxygens (including phenoxy) is 1. The first-order chi connectivity index (χ1) is 7.27. The molecule has 0 saturated carbocycles. The number of methoxy groups -OCH3 is 1. The molecular formula is C11H15F2NO2. The highest BCUT2D eigenvalue weighted by Gasteiger charge is 2.28. The Morgan fingerprint density at radius 2 is 1.88 bits per heavy atom. The molecule has 0 aliphatic heterocycles. The first-order valence-electron chi connectivity index (χ1n) is 4.78. The molecule has 0 amide bonds. The third-order valence-electron chi connectivity index (χ3n) is 2.37. The second-order valence-corrected chi connectivity index (χ2v) is 4.14. The summed E-state index contributed by atoms with van der Waals surface area (Å²) in [7, 11) is 1.24. The van der Waals surface area contributed by atoms with E-state index in [2.05, 4.69) is 4.74 Å². The van der Waals surface area contributed by atoms with E-state index in [9.17, 15) is 13.9 Å². The minimum Gasteiger partial charge on any atom is -0.494 e. The molecule has 3 nitrogen and oxygen atoms in total. The standard InChI is InChI=1S/C11H15F2NO2/c1-11(2,15)10(14)6-4-8(13)9(16-3)5-7(6)12/h4-5,10,15H,14H2,1-3H3. The van der Waals surface area contributed by atoms with Gasteiger partial charge in [-0.1, -0.05) is 0 Å². The zero-order valence-corrected chi connectivity index (χ0v) is 9.42. The summed E-state index contributed by atoms with van der Waals surface area (Å²) in [5.41, 5.74) is 4.23. The summed E-state index contributed by atoms with van der Waals surface area (Å²) in [4.78, 5) is 0. The van der Waals surface area contributed by atoms with Crippen molar-refractivity contribution >= 4 is 0 Å². The summed E-state index contributed by atoms with van der Waals surface area (Å²) in [6.07, 6.45) is 0. The van der Waals surface area contributed by atoms with Crippen molar-refractivity contribution in [1.82, 2.24) is 0 Å². The highest BCUT2D eigenvalue weighted by Crippen LogP contribution is 2.29. The summed E-state index contributed by atoms with van der Waals surface area (Å²) < 4.78 is 31.5. The Morgan fingerprint density at radius 1 is 1.31 bits per heavy atom. The van der Waals surface area contributed by atoms with Crippen LogP contribution in [0.5, 0.6) is 5.75 Å². The minimum atomic E-state index is -1.33. The molecule has 1 unspecified atom stereocenters. The molecule has 0 aromatic heterocycles. The molecule has 1 aromatic rings. The number of halogens is 2. The Morgan fingerprint density at radius 3 is 2.31 bits per heavy atom. The normalized spacial score (nSPS) is 13.7. The van der Waals surface area contributed by atoms with Crippen molar-refractivity contribution in [1.29, 1.82) is 0 Å². The van der Waals surface area contributed by atoms with Gasteiger partial charge in [0, 0.05) is 11.6 Å². The Labute approximate surface area is 92.8 Å². The predicted molar refractivity (Wildman–Crippen MR) is 56.1 cm³/mol. The van der Waals surface area contributed by atoms with Gasteiger partial charge >= 0.3 is 0 Å². The second kappa shape index (κ2) is 4.35. The fourth-order valence-electron chi connectivity index (χ4n) is 1.32. The van der Waals surface area contributed by atoms with Crippen molar-refractivity contribution in [2.75, 3.05) is 7.11 Å². The van der Waals surface area contributed by atoms with Crippen LogP contribution in [0.3, 0.4) is 0 Å². The zero-order chi connectivity index (χ0) is 12.5. The van der Waals surface area contributed by atoms with Crippen LogP contribution in [0.4, 0.5) is 8.78 Å². The van der Waals surface area contributed by atoms with Gasteiger partial charge in [-0.3, -0.25) is 0 Å². The average molecular weight is 231 g/mol. The Hall–Kier alpha value is -1.20. The van der Waals surface area contributed by atoms with Gasteiger partial charge in [0.15, 0.2) is 11.6 Å². The first kappa shape index (κ1) is 12.9. The molecule has 16 heavy (non-hydrogen) atoms. The molecule has 1 rings (SSSR count). The topological polar surface area (TPSA) is 55.5 Å². The van der Waals surface area contributed by atoms with Crippen LogP contribution in [0.25, 0.3) is 0 Å². The lowest BCUT2D eigenvalue weighted by atomic mass is 9.92. The molecule has 3 N–H and O–H groups in total. The molecule has 1 aromatic carbocycles. The fourth-order valence-corrected chi connectivity index (χ4v) is 1.32. The van der Waals surface area contributed by atoms with E-state index in [1.54, 1.807) is 0 Å². The number of rotatable bonds is 3. The van der Waals surface area contributed by atoms with Gasteiger partial charge in [-0.25, -0.2) is 8.78 Å². The number of benzene rings is 1.